The summed E-state index contributed by atoms with van der Waals surface area (Å²) in [6, 6.07) is 4.45. The molecule has 1 aromatic carbocycles. The summed E-state index contributed by atoms with van der Waals surface area (Å²) in [6.45, 7) is 5.72. The van der Waals surface area contributed by atoms with Crippen LogP contribution in [-0.4, -0.2) is 56.2 Å². The molecule has 1 unspecified atom stereocenters. The second-order valence-corrected chi connectivity index (χ2v) is 7.32. The van der Waals surface area contributed by atoms with Crippen molar-refractivity contribution in [1.29, 1.82) is 0 Å². The van der Waals surface area contributed by atoms with E-state index < -0.39 is 23.1 Å². The number of nitrogens with zero attached hydrogens (tertiary/aromatic N) is 1. The lowest BCUT2D eigenvalue weighted by atomic mass is 9.82. The van der Waals surface area contributed by atoms with E-state index in [0.717, 1.165) is 0 Å². The lowest BCUT2D eigenvalue weighted by Gasteiger charge is -2.30. The van der Waals surface area contributed by atoms with Crippen LogP contribution in [0.25, 0.3) is 0 Å². The molecule has 0 aliphatic carbocycles. The van der Waals surface area contributed by atoms with E-state index in [2.05, 4.69) is 0 Å². The molecule has 1 amide bonds. The maximum absolute atomic E-state index is 13.1. The monoisotopic (exact) mass is 377 g/mol. The van der Waals surface area contributed by atoms with Crippen LogP contribution in [0.2, 0.25) is 0 Å². The zero-order valence-corrected chi connectivity index (χ0v) is 16.7. The van der Waals surface area contributed by atoms with E-state index in [1.54, 1.807) is 39.0 Å². The first kappa shape index (κ1) is 20.8. The van der Waals surface area contributed by atoms with Gasteiger partial charge in [0, 0.05) is 24.6 Å². The molecule has 0 bridgehead atoms. The van der Waals surface area contributed by atoms with E-state index in [4.69, 9.17) is 14.2 Å². The van der Waals surface area contributed by atoms with E-state index >= 15 is 0 Å². The molecule has 1 heterocycles. The van der Waals surface area contributed by atoms with E-state index in [1.165, 1.54) is 26.2 Å². The molecular weight excluding hydrogens is 350 g/mol. The summed E-state index contributed by atoms with van der Waals surface area (Å²) in [5, 5.41) is 10.5. The summed E-state index contributed by atoms with van der Waals surface area (Å²) >= 11 is 0. The van der Waals surface area contributed by atoms with E-state index in [9.17, 15) is 14.7 Å². The minimum absolute atomic E-state index is 0.0650. The Hall–Kier alpha value is -2.54. The number of hydrogen-bond acceptors (Lipinski definition) is 6. The van der Waals surface area contributed by atoms with Gasteiger partial charge in [-0.3, -0.25) is 9.59 Å². The van der Waals surface area contributed by atoms with Gasteiger partial charge >= 0.3 is 0 Å². The maximum atomic E-state index is 13.1. The minimum Gasteiger partial charge on any atom is -0.503 e. The van der Waals surface area contributed by atoms with Gasteiger partial charge in [0.2, 0.25) is 0 Å². The summed E-state index contributed by atoms with van der Waals surface area (Å²) < 4.78 is 16.0. The molecule has 1 N–H and O–H groups in total. The average Bonchev–Trinajstić information content (AvgIpc) is 2.88. The van der Waals surface area contributed by atoms with Crippen molar-refractivity contribution in [2.45, 2.75) is 26.8 Å². The van der Waals surface area contributed by atoms with Gasteiger partial charge in [0.05, 0.1) is 32.4 Å². The first-order valence-corrected chi connectivity index (χ1v) is 8.67. The number of rotatable bonds is 7. The second-order valence-electron chi connectivity index (χ2n) is 7.32. The number of aliphatic hydroxyl groups excluding tert-OH is 1. The van der Waals surface area contributed by atoms with Crippen LogP contribution in [0.3, 0.4) is 0 Å². The maximum Gasteiger partial charge on any atom is 0.290 e. The molecule has 1 aliphatic heterocycles. The Morgan fingerprint density at radius 1 is 1.19 bits per heavy atom. The van der Waals surface area contributed by atoms with Crippen LogP contribution in [0.15, 0.2) is 29.5 Å². The third kappa shape index (κ3) is 3.78. The molecule has 1 aromatic rings. The van der Waals surface area contributed by atoms with E-state index in [-0.39, 0.29) is 24.5 Å². The van der Waals surface area contributed by atoms with Crippen LogP contribution in [-0.2, 0) is 14.3 Å². The van der Waals surface area contributed by atoms with Gasteiger partial charge in [-0.2, -0.15) is 0 Å². The lowest BCUT2D eigenvalue weighted by molar-refractivity contribution is -0.130. The Morgan fingerprint density at radius 3 is 2.37 bits per heavy atom. The quantitative estimate of drug-likeness (QED) is 0.786. The normalized spacial score (nSPS) is 17.5. The minimum atomic E-state index is -0.788. The van der Waals surface area contributed by atoms with Gasteiger partial charge < -0.3 is 24.2 Å². The van der Waals surface area contributed by atoms with Gasteiger partial charge in [0.15, 0.2) is 23.0 Å². The summed E-state index contributed by atoms with van der Waals surface area (Å²) in [7, 11) is 4.53. The molecule has 1 aliphatic rings. The fraction of sp³-hybridized carbons (Fsp3) is 0.500. The number of Topliss-reactive ketones (excluding diaryl/α,β-unsaturated/α-hetero) is 1. The molecule has 0 fully saturated rings. The molecule has 0 saturated heterocycles. The van der Waals surface area contributed by atoms with Crippen LogP contribution >= 0.6 is 0 Å². The predicted octanol–water partition coefficient (Wildman–Crippen LogP) is 2.66. The van der Waals surface area contributed by atoms with Crippen molar-refractivity contribution in [1.82, 2.24) is 4.90 Å². The number of carbonyl (C=O) groups is 2. The summed E-state index contributed by atoms with van der Waals surface area (Å²) in [5.74, 6) is -0.546. The summed E-state index contributed by atoms with van der Waals surface area (Å²) in [5.41, 5.74) is -0.140. The van der Waals surface area contributed by atoms with Crippen molar-refractivity contribution < 1.29 is 28.9 Å². The van der Waals surface area contributed by atoms with Crippen molar-refractivity contribution in [2.24, 2.45) is 5.41 Å². The number of hydrogen-bond donors (Lipinski definition) is 1. The highest BCUT2D eigenvalue weighted by atomic mass is 16.5. The van der Waals surface area contributed by atoms with Crippen LogP contribution in [0.1, 0.15) is 32.4 Å². The number of aliphatic hydroxyl groups is 1. The molecular formula is C20H27NO6. The highest BCUT2D eigenvalue weighted by Gasteiger charge is 2.47. The summed E-state index contributed by atoms with van der Waals surface area (Å²) in [6.07, 6.45) is 0. The Bertz CT molecular complexity index is 762. The van der Waals surface area contributed by atoms with Gasteiger partial charge in [0.1, 0.15) is 0 Å². The Morgan fingerprint density at radius 2 is 1.85 bits per heavy atom. The molecule has 2 rings (SSSR count). The SMILES string of the molecule is COCCN1C(=O)C(O)=C(C(=O)C(C)(C)C)C1c1cccc(OC)c1OC. The highest BCUT2D eigenvalue weighted by molar-refractivity contribution is 6.10. The van der Waals surface area contributed by atoms with Crippen LogP contribution in [0, 0.1) is 5.41 Å². The molecule has 0 radical (unpaired) electrons. The molecule has 148 valence electrons. The third-order valence-electron chi connectivity index (χ3n) is 4.49. The number of benzene rings is 1. The van der Waals surface area contributed by atoms with Crippen LogP contribution < -0.4 is 9.47 Å². The standard InChI is InChI=1S/C20H27NO6/c1-20(2,3)18(23)14-15(21(10-11-25-4)19(24)16(14)22)12-8-7-9-13(26-5)17(12)27-6/h7-9,15,22H,10-11H2,1-6H3. The van der Waals surface area contributed by atoms with Crippen molar-refractivity contribution in [3.8, 4) is 11.5 Å². The van der Waals surface area contributed by atoms with Gasteiger partial charge in [-0.25, -0.2) is 0 Å². The number of ether oxygens (including phenoxy) is 3. The molecule has 1 atom stereocenters. The number of para-hydroxylation sites is 1. The Labute approximate surface area is 159 Å². The van der Waals surface area contributed by atoms with Crippen molar-refractivity contribution in [3.63, 3.8) is 0 Å². The number of amides is 1. The Balaban J connectivity index is 2.69. The third-order valence-corrected chi connectivity index (χ3v) is 4.49. The highest BCUT2D eigenvalue weighted by Crippen LogP contribution is 2.46. The fourth-order valence-corrected chi connectivity index (χ4v) is 3.16. The van der Waals surface area contributed by atoms with Crippen molar-refractivity contribution in [2.75, 3.05) is 34.5 Å². The molecule has 7 nitrogen and oxygen atoms in total. The second kappa shape index (κ2) is 8.00. The predicted molar refractivity (Wildman–Crippen MR) is 100.0 cm³/mol. The average molecular weight is 377 g/mol. The number of carbonyl (C=O) groups excluding carboxylic acids is 2. The molecule has 7 heteroatoms. The van der Waals surface area contributed by atoms with Crippen LogP contribution in [0.4, 0.5) is 0 Å². The van der Waals surface area contributed by atoms with Crippen molar-refractivity contribution in [3.05, 3.63) is 35.1 Å². The first-order chi connectivity index (χ1) is 12.7. The van der Waals surface area contributed by atoms with Crippen molar-refractivity contribution >= 4 is 11.7 Å². The zero-order chi connectivity index (χ0) is 20.4. The van der Waals surface area contributed by atoms with Gasteiger partial charge in [-0.05, 0) is 6.07 Å². The van der Waals surface area contributed by atoms with Crippen LogP contribution in [0.5, 0.6) is 11.5 Å². The first-order valence-electron chi connectivity index (χ1n) is 8.67. The topological polar surface area (TPSA) is 85.3 Å². The summed E-state index contributed by atoms with van der Waals surface area (Å²) in [4.78, 5) is 27.2. The zero-order valence-electron chi connectivity index (χ0n) is 16.7. The lowest BCUT2D eigenvalue weighted by Crippen LogP contribution is -2.35. The fourth-order valence-electron chi connectivity index (χ4n) is 3.16. The van der Waals surface area contributed by atoms with Gasteiger partial charge in [-0.15, -0.1) is 0 Å². The molecule has 0 spiro atoms. The molecule has 27 heavy (non-hydrogen) atoms. The largest absolute Gasteiger partial charge is 0.503 e. The van der Waals surface area contributed by atoms with E-state index in [1.807, 2.05) is 0 Å². The molecule has 0 aromatic heterocycles. The Kier molecular flexibility index (Phi) is 6.15. The molecule has 0 saturated carbocycles. The van der Waals surface area contributed by atoms with Gasteiger partial charge in [0.25, 0.3) is 5.91 Å². The van der Waals surface area contributed by atoms with E-state index in [0.29, 0.717) is 17.1 Å². The number of methoxy groups -OCH3 is 3. The smallest absolute Gasteiger partial charge is 0.290 e. The number of ketones is 1. The van der Waals surface area contributed by atoms with Gasteiger partial charge in [-0.1, -0.05) is 32.9 Å².